The number of carbonyl (C=O) groups is 2. The van der Waals surface area contributed by atoms with Crippen LogP contribution in [0.5, 0.6) is 0 Å². The lowest BCUT2D eigenvalue weighted by molar-refractivity contribution is -0.115. The van der Waals surface area contributed by atoms with Gasteiger partial charge in [-0.1, -0.05) is 48.5 Å². The van der Waals surface area contributed by atoms with Crippen molar-refractivity contribution in [2.75, 3.05) is 5.32 Å². The van der Waals surface area contributed by atoms with Crippen LogP contribution in [0.2, 0.25) is 0 Å². The van der Waals surface area contributed by atoms with Crippen LogP contribution >= 0.6 is 34.4 Å². The maximum atomic E-state index is 12.5. The van der Waals surface area contributed by atoms with E-state index in [4.69, 9.17) is 15.2 Å². The lowest BCUT2D eigenvalue weighted by atomic mass is 10.1. The summed E-state index contributed by atoms with van der Waals surface area (Å²) in [5, 5.41) is 3.65. The number of nitrogens with two attached hydrogens (primary N) is 1. The molecular weight excluding hydrogens is 543 g/mol. The zero-order valence-electron chi connectivity index (χ0n) is 16.9. The van der Waals surface area contributed by atoms with Gasteiger partial charge in [-0.05, 0) is 46.0 Å². The first kappa shape index (κ1) is 22.2. The molecule has 164 valence electrons. The summed E-state index contributed by atoms with van der Waals surface area (Å²) < 4.78 is 14.2. The fourth-order valence-electron chi connectivity index (χ4n) is 3.06. The molecule has 0 fully saturated rings. The van der Waals surface area contributed by atoms with Gasteiger partial charge in [-0.2, -0.15) is 0 Å². The number of nitrogens with one attached hydrogen (secondary N) is 1. The Morgan fingerprint density at radius 3 is 2.62 bits per heavy atom. The summed E-state index contributed by atoms with van der Waals surface area (Å²) in [5.74, 6) is -0.789. The van der Waals surface area contributed by atoms with Gasteiger partial charge in [0.15, 0.2) is 10.9 Å². The number of benzene rings is 2. The standard InChI is InChI=1S/C22H19IN4O4S/c1-27-20(25-16(28)11-13-7-3-2-4-8-13)18(19(24)29)26-22(27)32-17-12-30-21(31-17)14-9-5-6-10-15(14)23/h2-10,12,21H,11H2,1H3,(H2,24,29)(H,25,28). The molecular formula is C22H19IN4O4S. The van der Waals surface area contributed by atoms with E-state index in [0.717, 1.165) is 14.7 Å². The molecule has 2 amide bonds. The quantitative estimate of drug-likeness (QED) is 0.423. The fraction of sp³-hybridized carbons (Fsp3) is 0.136. The van der Waals surface area contributed by atoms with Gasteiger partial charge in [-0.15, -0.1) is 0 Å². The van der Waals surface area contributed by atoms with E-state index in [1.54, 1.807) is 11.6 Å². The zero-order valence-corrected chi connectivity index (χ0v) is 19.9. The van der Waals surface area contributed by atoms with Crippen molar-refractivity contribution in [3.63, 3.8) is 0 Å². The third-order valence-corrected chi connectivity index (χ3v) is 6.54. The number of hydrogen-bond donors (Lipinski definition) is 2. The molecule has 0 aliphatic carbocycles. The molecule has 2 heterocycles. The van der Waals surface area contributed by atoms with Crippen LogP contribution in [-0.2, 0) is 27.7 Å². The summed E-state index contributed by atoms with van der Waals surface area (Å²) in [7, 11) is 1.69. The third kappa shape index (κ3) is 4.91. The minimum Gasteiger partial charge on any atom is -0.454 e. The fourth-order valence-corrected chi connectivity index (χ4v) is 4.49. The van der Waals surface area contributed by atoms with Crippen molar-refractivity contribution in [3.05, 3.63) is 86.3 Å². The van der Waals surface area contributed by atoms with Crippen LogP contribution in [0, 0.1) is 3.57 Å². The number of primary amides is 1. The van der Waals surface area contributed by atoms with Gasteiger partial charge in [0.05, 0.1) is 6.42 Å². The number of imidazole rings is 1. The monoisotopic (exact) mass is 562 g/mol. The number of thioether (sulfide) groups is 1. The highest BCUT2D eigenvalue weighted by Crippen LogP contribution is 2.39. The average molecular weight is 562 g/mol. The SMILES string of the molecule is Cn1c(SC2=COC(c3ccccc3I)O2)nc(C(N)=O)c1NC(=O)Cc1ccccc1. The van der Waals surface area contributed by atoms with Gasteiger partial charge in [0.25, 0.3) is 12.2 Å². The average Bonchev–Trinajstić information content (AvgIpc) is 3.35. The third-order valence-electron chi connectivity index (χ3n) is 4.61. The molecule has 1 aliphatic heterocycles. The van der Waals surface area contributed by atoms with E-state index in [-0.39, 0.29) is 23.8 Å². The molecule has 2 aromatic carbocycles. The highest BCUT2D eigenvalue weighted by Gasteiger charge is 2.27. The maximum absolute atomic E-state index is 12.5. The Labute approximate surface area is 202 Å². The highest BCUT2D eigenvalue weighted by atomic mass is 127. The maximum Gasteiger partial charge on any atom is 0.271 e. The summed E-state index contributed by atoms with van der Waals surface area (Å²) in [6.45, 7) is 0. The van der Waals surface area contributed by atoms with E-state index in [2.05, 4.69) is 32.9 Å². The normalized spacial score (nSPS) is 14.9. The molecule has 4 rings (SSSR count). The summed E-state index contributed by atoms with van der Waals surface area (Å²) in [4.78, 5) is 28.8. The molecule has 3 aromatic rings. The number of ether oxygens (including phenoxy) is 2. The summed E-state index contributed by atoms with van der Waals surface area (Å²) in [6, 6.07) is 17.1. The second kappa shape index (κ2) is 9.65. The van der Waals surface area contributed by atoms with E-state index < -0.39 is 12.2 Å². The second-order valence-electron chi connectivity index (χ2n) is 6.87. The van der Waals surface area contributed by atoms with Gasteiger partial charge in [0, 0.05) is 16.2 Å². The van der Waals surface area contributed by atoms with E-state index in [9.17, 15) is 9.59 Å². The Kier molecular flexibility index (Phi) is 6.70. The van der Waals surface area contributed by atoms with Crippen LogP contribution in [0.15, 0.2) is 71.1 Å². The van der Waals surface area contributed by atoms with E-state index in [1.165, 1.54) is 18.0 Å². The predicted octanol–water partition coefficient (Wildman–Crippen LogP) is 3.94. The van der Waals surface area contributed by atoms with Crippen molar-refractivity contribution < 1.29 is 19.1 Å². The number of rotatable bonds is 7. The highest BCUT2D eigenvalue weighted by molar-refractivity contribution is 14.1. The minimum absolute atomic E-state index is 0.0231. The predicted molar refractivity (Wildman–Crippen MR) is 129 cm³/mol. The largest absolute Gasteiger partial charge is 0.454 e. The number of amides is 2. The number of anilines is 1. The van der Waals surface area contributed by atoms with Crippen molar-refractivity contribution in [2.45, 2.75) is 17.9 Å². The first-order valence-electron chi connectivity index (χ1n) is 9.57. The van der Waals surface area contributed by atoms with Gasteiger partial charge in [-0.3, -0.25) is 9.59 Å². The van der Waals surface area contributed by atoms with E-state index in [0.29, 0.717) is 10.2 Å². The Hall–Kier alpha value is -2.99. The summed E-state index contributed by atoms with van der Waals surface area (Å²) in [5.41, 5.74) is 7.24. The van der Waals surface area contributed by atoms with Crippen LogP contribution < -0.4 is 11.1 Å². The van der Waals surface area contributed by atoms with Gasteiger partial charge >= 0.3 is 0 Å². The van der Waals surface area contributed by atoms with Crippen LogP contribution in [0.4, 0.5) is 5.82 Å². The van der Waals surface area contributed by atoms with Crippen molar-refractivity contribution in [2.24, 2.45) is 12.8 Å². The Bertz CT molecular complexity index is 1200. The van der Waals surface area contributed by atoms with Crippen molar-refractivity contribution in [1.82, 2.24) is 9.55 Å². The molecule has 0 radical (unpaired) electrons. The van der Waals surface area contributed by atoms with Gasteiger partial charge in [0.1, 0.15) is 12.1 Å². The number of nitrogens with zero attached hydrogens (tertiary/aromatic N) is 2. The van der Waals surface area contributed by atoms with Crippen LogP contribution in [0.1, 0.15) is 27.9 Å². The molecule has 8 nitrogen and oxygen atoms in total. The van der Waals surface area contributed by atoms with Crippen molar-refractivity contribution in [1.29, 1.82) is 0 Å². The summed E-state index contributed by atoms with van der Waals surface area (Å²) in [6.07, 6.45) is 1.10. The van der Waals surface area contributed by atoms with E-state index in [1.807, 2.05) is 54.6 Å². The van der Waals surface area contributed by atoms with E-state index >= 15 is 0 Å². The van der Waals surface area contributed by atoms with Crippen molar-refractivity contribution in [3.8, 4) is 0 Å². The summed E-state index contributed by atoms with van der Waals surface area (Å²) >= 11 is 3.39. The van der Waals surface area contributed by atoms with Crippen LogP contribution in [0.3, 0.4) is 0 Å². The van der Waals surface area contributed by atoms with Crippen LogP contribution in [-0.4, -0.2) is 21.4 Å². The second-order valence-corrected chi connectivity index (χ2v) is 9.01. The Morgan fingerprint density at radius 1 is 1.19 bits per heavy atom. The molecule has 0 saturated carbocycles. The molecule has 1 atom stereocenters. The smallest absolute Gasteiger partial charge is 0.271 e. The molecule has 0 saturated heterocycles. The minimum atomic E-state index is -0.739. The van der Waals surface area contributed by atoms with Crippen molar-refractivity contribution >= 4 is 52.0 Å². The Morgan fingerprint density at radius 2 is 1.91 bits per heavy atom. The molecule has 1 aromatic heterocycles. The van der Waals surface area contributed by atoms with Gasteiger partial charge in [0.2, 0.25) is 11.0 Å². The molecule has 3 N–H and O–H groups in total. The van der Waals surface area contributed by atoms with Crippen LogP contribution in [0.25, 0.3) is 0 Å². The lowest BCUT2D eigenvalue weighted by Gasteiger charge is -2.13. The topological polar surface area (TPSA) is 108 Å². The molecule has 10 heteroatoms. The molecule has 1 aliphatic rings. The number of hydrogen-bond acceptors (Lipinski definition) is 6. The number of carbonyl (C=O) groups excluding carboxylic acids is 2. The zero-order chi connectivity index (χ0) is 22.7. The first-order valence-corrected chi connectivity index (χ1v) is 11.5. The molecule has 1 unspecified atom stereocenters. The van der Waals surface area contributed by atoms with Gasteiger partial charge < -0.3 is 25.1 Å². The first-order chi connectivity index (χ1) is 15.4. The number of aromatic nitrogens is 2. The Balaban J connectivity index is 1.49. The molecule has 0 bridgehead atoms. The van der Waals surface area contributed by atoms with Gasteiger partial charge in [-0.25, -0.2) is 4.98 Å². The number of halogens is 1. The lowest BCUT2D eigenvalue weighted by Crippen LogP contribution is -2.20. The molecule has 32 heavy (non-hydrogen) atoms. The molecule has 0 spiro atoms.